The molecule has 0 aromatic heterocycles. The van der Waals surface area contributed by atoms with E-state index in [1.54, 1.807) is 13.1 Å². The van der Waals surface area contributed by atoms with Crippen LogP contribution >= 0.6 is 11.6 Å². The lowest BCUT2D eigenvalue weighted by atomic mass is 10.1. The van der Waals surface area contributed by atoms with Gasteiger partial charge in [0, 0.05) is 25.2 Å². The van der Waals surface area contributed by atoms with Crippen molar-refractivity contribution in [1.29, 1.82) is 0 Å². The van der Waals surface area contributed by atoms with E-state index >= 15 is 0 Å². The van der Waals surface area contributed by atoms with E-state index in [1.807, 2.05) is 20.0 Å². The third kappa shape index (κ3) is 3.34. The van der Waals surface area contributed by atoms with Gasteiger partial charge in [-0.05, 0) is 56.0 Å². The highest BCUT2D eigenvalue weighted by Crippen LogP contribution is 2.32. The van der Waals surface area contributed by atoms with Crippen LogP contribution in [0.3, 0.4) is 0 Å². The quantitative estimate of drug-likeness (QED) is 0.876. The van der Waals surface area contributed by atoms with E-state index in [4.69, 9.17) is 11.6 Å². The van der Waals surface area contributed by atoms with E-state index in [9.17, 15) is 8.42 Å². The topological polar surface area (TPSA) is 49.4 Å². The Morgan fingerprint density at radius 3 is 2.60 bits per heavy atom. The van der Waals surface area contributed by atoms with E-state index in [2.05, 4.69) is 5.32 Å². The van der Waals surface area contributed by atoms with Gasteiger partial charge in [0.05, 0.1) is 4.90 Å². The lowest BCUT2D eigenvalue weighted by molar-refractivity contribution is 0.452. The Labute approximate surface area is 126 Å². The van der Waals surface area contributed by atoms with Gasteiger partial charge in [0.15, 0.2) is 0 Å². The fraction of sp³-hybridized carbons (Fsp3) is 0.571. The second kappa shape index (κ2) is 6.02. The number of benzene rings is 1. The summed E-state index contributed by atoms with van der Waals surface area (Å²) in [5.41, 5.74) is 1.68. The summed E-state index contributed by atoms with van der Waals surface area (Å²) in [5.74, 6) is 0.519. The smallest absolute Gasteiger partial charge is 0.243 e. The van der Waals surface area contributed by atoms with Crippen LogP contribution in [0.2, 0.25) is 5.02 Å². The molecule has 20 heavy (non-hydrogen) atoms. The Hall–Kier alpha value is -0.620. The van der Waals surface area contributed by atoms with Gasteiger partial charge in [-0.3, -0.25) is 0 Å². The van der Waals surface area contributed by atoms with E-state index < -0.39 is 10.0 Å². The molecule has 0 bridgehead atoms. The zero-order valence-corrected chi connectivity index (χ0v) is 13.7. The molecule has 4 nitrogen and oxygen atoms in total. The molecule has 1 N–H and O–H groups in total. The zero-order valence-electron chi connectivity index (χ0n) is 12.1. The Morgan fingerprint density at radius 2 is 2.05 bits per heavy atom. The molecule has 0 heterocycles. The van der Waals surface area contributed by atoms with Crippen molar-refractivity contribution in [3.05, 3.63) is 28.3 Å². The molecule has 0 atom stereocenters. The van der Waals surface area contributed by atoms with Crippen LogP contribution in [-0.4, -0.2) is 33.4 Å². The van der Waals surface area contributed by atoms with Crippen LogP contribution in [0.1, 0.15) is 24.0 Å². The van der Waals surface area contributed by atoms with E-state index in [-0.39, 0.29) is 0 Å². The minimum absolute atomic E-state index is 0.318. The number of nitrogens with one attached hydrogen (secondary N) is 1. The fourth-order valence-corrected chi connectivity index (χ4v) is 4.12. The van der Waals surface area contributed by atoms with Gasteiger partial charge in [-0.2, -0.15) is 0 Å². The SMILES string of the molecule is CNCc1cc(Cl)cc(S(=O)(=O)N(C)CC2CC2)c1C. The van der Waals surface area contributed by atoms with Gasteiger partial charge in [0.2, 0.25) is 10.0 Å². The van der Waals surface area contributed by atoms with Gasteiger partial charge in [-0.1, -0.05) is 11.6 Å². The van der Waals surface area contributed by atoms with Gasteiger partial charge >= 0.3 is 0 Å². The maximum absolute atomic E-state index is 12.7. The normalized spacial score (nSPS) is 15.8. The summed E-state index contributed by atoms with van der Waals surface area (Å²) in [4.78, 5) is 0.318. The van der Waals surface area contributed by atoms with Crippen molar-refractivity contribution in [3.63, 3.8) is 0 Å². The number of hydrogen-bond acceptors (Lipinski definition) is 3. The molecule has 0 aliphatic heterocycles. The first-order chi connectivity index (χ1) is 9.36. The number of halogens is 1. The van der Waals surface area contributed by atoms with Gasteiger partial charge < -0.3 is 5.32 Å². The standard InChI is InChI=1S/C14H21ClN2O2S/c1-10-12(8-16-2)6-13(15)7-14(10)20(18,19)17(3)9-11-4-5-11/h6-7,11,16H,4-5,8-9H2,1-3H3. The summed E-state index contributed by atoms with van der Waals surface area (Å²) < 4.78 is 26.8. The lowest BCUT2D eigenvalue weighted by Crippen LogP contribution is -2.29. The largest absolute Gasteiger partial charge is 0.316 e. The first kappa shape index (κ1) is 15.8. The Kier molecular flexibility index (Phi) is 4.74. The van der Waals surface area contributed by atoms with Crippen molar-refractivity contribution in [3.8, 4) is 0 Å². The van der Waals surface area contributed by atoms with Crippen molar-refractivity contribution in [1.82, 2.24) is 9.62 Å². The molecule has 1 aromatic carbocycles. The zero-order chi connectivity index (χ0) is 14.9. The molecular weight excluding hydrogens is 296 g/mol. The summed E-state index contributed by atoms with van der Waals surface area (Å²) in [6.45, 7) is 3.03. The summed E-state index contributed by atoms with van der Waals surface area (Å²) in [7, 11) is 0.00478. The maximum atomic E-state index is 12.7. The molecule has 1 saturated carbocycles. The van der Waals surface area contributed by atoms with Gasteiger partial charge in [0.25, 0.3) is 0 Å². The lowest BCUT2D eigenvalue weighted by Gasteiger charge is -2.20. The highest BCUT2D eigenvalue weighted by atomic mass is 35.5. The molecule has 1 aliphatic carbocycles. The second-order valence-corrected chi connectivity index (χ2v) is 7.90. The van der Waals surface area contributed by atoms with Gasteiger partial charge in [-0.25, -0.2) is 12.7 Å². The van der Waals surface area contributed by atoms with Crippen LogP contribution in [0.4, 0.5) is 0 Å². The van der Waals surface area contributed by atoms with Gasteiger partial charge in [-0.15, -0.1) is 0 Å². The minimum atomic E-state index is -3.47. The fourth-order valence-electron chi connectivity index (χ4n) is 2.28. The molecule has 1 aromatic rings. The van der Waals surface area contributed by atoms with E-state index in [1.165, 1.54) is 4.31 Å². The molecule has 1 fully saturated rings. The molecule has 0 radical (unpaired) electrons. The molecule has 0 spiro atoms. The number of sulfonamides is 1. The van der Waals surface area contributed by atoms with Crippen molar-refractivity contribution in [2.45, 2.75) is 31.2 Å². The molecular formula is C14H21ClN2O2S. The van der Waals surface area contributed by atoms with Crippen molar-refractivity contribution in [2.24, 2.45) is 5.92 Å². The van der Waals surface area contributed by atoms with Crippen LogP contribution < -0.4 is 5.32 Å². The summed E-state index contributed by atoms with van der Waals surface area (Å²) in [6.07, 6.45) is 2.25. The van der Waals surface area contributed by atoms with Crippen LogP contribution in [-0.2, 0) is 16.6 Å². The van der Waals surface area contributed by atoms with Crippen LogP contribution in [0.15, 0.2) is 17.0 Å². The average Bonchev–Trinajstić information content (AvgIpc) is 3.17. The molecule has 1 aliphatic rings. The molecule has 2 rings (SSSR count). The minimum Gasteiger partial charge on any atom is -0.316 e. The predicted octanol–water partition coefficient (Wildman–Crippen LogP) is 2.40. The van der Waals surface area contributed by atoms with E-state index in [0.717, 1.165) is 24.0 Å². The highest BCUT2D eigenvalue weighted by Gasteiger charge is 2.30. The number of hydrogen-bond donors (Lipinski definition) is 1. The number of rotatable bonds is 6. The third-order valence-electron chi connectivity index (χ3n) is 3.70. The molecule has 0 unspecified atom stereocenters. The Morgan fingerprint density at radius 1 is 1.40 bits per heavy atom. The monoisotopic (exact) mass is 316 g/mol. The molecule has 112 valence electrons. The summed E-state index contributed by atoms with van der Waals surface area (Å²) >= 11 is 6.08. The van der Waals surface area contributed by atoms with Gasteiger partial charge in [0.1, 0.15) is 0 Å². The molecule has 0 amide bonds. The average molecular weight is 317 g/mol. The summed E-state index contributed by atoms with van der Waals surface area (Å²) in [5, 5.41) is 3.49. The predicted molar refractivity (Wildman–Crippen MR) is 81.5 cm³/mol. The van der Waals surface area contributed by atoms with Crippen LogP contribution in [0, 0.1) is 12.8 Å². The van der Waals surface area contributed by atoms with Crippen molar-refractivity contribution >= 4 is 21.6 Å². The summed E-state index contributed by atoms with van der Waals surface area (Å²) in [6, 6.07) is 3.36. The van der Waals surface area contributed by atoms with Crippen molar-refractivity contribution < 1.29 is 8.42 Å². The maximum Gasteiger partial charge on any atom is 0.243 e. The highest BCUT2D eigenvalue weighted by molar-refractivity contribution is 7.89. The van der Waals surface area contributed by atoms with Crippen LogP contribution in [0.5, 0.6) is 0 Å². The second-order valence-electron chi connectivity index (χ2n) is 5.45. The van der Waals surface area contributed by atoms with E-state index in [0.29, 0.717) is 28.9 Å². The third-order valence-corrected chi connectivity index (χ3v) is 5.87. The Balaban J connectivity index is 2.39. The molecule has 0 saturated heterocycles. The first-order valence-electron chi connectivity index (χ1n) is 6.76. The van der Waals surface area contributed by atoms with Crippen LogP contribution in [0.25, 0.3) is 0 Å². The first-order valence-corrected chi connectivity index (χ1v) is 8.58. The number of nitrogens with zero attached hydrogens (tertiary/aromatic N) is 1. The molecule has 6 heteroatoms. The van der Waals surface area contributed by atoms with Crippen molar-refractivity contribution in [2.75, 3.05) is 20.6 Å². The Bertz CT molecular complexity index is 597.